The van der Waals surface area contributed by atoms with Crippen molar-refractivity contribution in [2.45, 2.75) is 32.1 Å². The van der Waals surface area contributed by atoms with Gasteiger partial charge in [0.05, 0.1) is 11.3 Å². The highest BCUT2D eigenvalue weighted by atomic mass is 35.5. The van der Waals surface area contributed by atoms with E-state index in [9.17, 15) is 9.59 Å². The van der Waals surface area contributed by atoms with Crippen LogP contribution in [0.5, 0.6) is 0 Å². The lowest BCUT2D eigenvalue weighted by Crippen LogP contribution is -2.36. The summed E-state index contributed by atoms with van der Waals surface area (Å²) in [5.74, 6) is -0.203. The van der Waals surface area contributed by atoms with Crippen LogP contribution in [-0.4, -0.2) is 36.3 Å². The number of nitrogens with zero attached hydrogens (tertiary/aromatic N) is 1. The Balaban J connectivity index is 0.00000264. The second kappa shape index (κ2) is 9.75. The minimum Gasteiger partial charge on any atom is -0.339 e. The first-order valence-electron chi connectivity index (χ1n) is 7.70. The molecule has 1 heterocycles. The lowest BCUT2D eigenvalue weighted by atomic mass is 10.1. The Kier molecular flexibility index (Phi) is 8.37. The molecule has 1 aromatic rings. The molecule has 0 atom stereocenters. The molecule has 0 unspecified atom stereocenters. The molecule has 0 radical (unpaired) electrons. The van der Waals surface area contributed by atoms with Crippen LogP contribution in [0.15, 0.2) is 18.2 Å². The molecule has 128 valence electrons. The number of carbonyl (C=O) groups is 2. The molecule has 0 aromatic heterocycles. The molecule has 1 aliphatic rings. The number of piperidine rings is 1. The molecule has 1 aromatic carbocycles. The maximum atomic E-state index is 12.6. The van der Waals surface area contributed by atoms with Crippen LogP contribution in [0.3, 0.4) is 0 Å². The Labute approximate surface area is 148 Å². The predicted octanol–water partition coefficient (Wildman–Crippen LogP) is 3.07. The van der Waals surface area contributed by atoms with Crippen molar-refractivity contribution in [3.63, 3.8) is 0 Å². The number of likely N-dealkylation sites (tertiary alicyclic amines) is 1. The third kappa shape index (κ3) is 5.68. The average Bonchev–Trinajstić information content (AvgIpc) is 2.53. The molecular formula is C16H23Cl2N3O2. The van der Waals surface area contributed by atoms with Gasteiger partial charge in [-0.1, -0.05) is 11.6 Å². The van der Waals surface area contributed by atoms with Crippen molar-refractivity contribution in [2.75, 3.05) is 25.0 Å². The average molecular weight is 360 g/mol. The van der Waals surface area contributed by atoms with Crippen LogP contribution in [-0.2, 0) is 4.79 Å². The summed E-state index contributed by atoms with van der Waals surface area (Å²) in [5.41, 5.74) is 6.38. The van der Waals surface area contributed by atoms with Crippen molar-refractivity contribution < 1.29 is 9.59 Å². The minimum atomic E-state index is -0.152. The van der Waals surface area contributed by atoms with Gasteiger partial charge in [-0.2, -0.15) is 0 Å². The highest BCUT2D eigenvalue weighted by Crippen LogP contribution is 2.24. The number of halogens is 2. The summed E-state index contributed by atoms with van der Waals surface area (Å²) in [5, 5.41) is 3.27. The van der Waals surface area contributed by atoms with Gasteiger partial charge in [-0.3, -0.25) is 9.59 Å². The number of hydrogen-bond acceptors (Lipinski definition) is 3. The normalized spacial score (nSPS) is 14.1. The summed E-state index contributed by atoms with van der Waals surface area (Å²) < 4.78 is 0. The monoisotopic (exact) mass is 359 g/mol. The standard InChI is InChI=1S/C16H22ClN3O2.ClH/c17-12-6-7-13(16(22)20-9-2-1-3-10-20)14(11-12)19-15(21)5-4-8-18;/h6-7,11H,1-5,8-10,18H2,(H,19,21);1H. The quantitative estimate of drug-likeness (QED) is 0.847. The molecule has 0 bridgehead atoms. The van der Waals surface area contributed by atoms with Gasteiger partial charge in [-0.25, -0.2) is 0 Å². The van der Waals surface area contributed by atoms with Gasteiger partial charge in [0, 0.05) is 24.5 Å². The summed E-state index contributed by atoms with van der Waals surface area (Å²) in [4.78, 5) is 26.4. The summed E-state index contributed by atoms with van der Waals surface area (Å²) in [6.45, 7) is 1.99. The van der Waals surface area contributed by atoms with E-state index in [1.165, 1.54) is 0 Å². The van der Waals surface area contributed by atoms with Crippen molar-refractivity contribution in [3.8, 4) is 0 Å². The highest BCUT2D eigenvalue weighted by Gasteiger charge is 2.21. The molecule has 0 aliphatic carbocycles. The summed E-state index contributed by atoms with van der Waals surface area (Å²) in [6, 6.07) is 4.98. The molecule has 0 saturated carbocycles. The van der Waals surface area contributed by atoms with Crippen molar-refractivity contribution in [1.82, 2.24) is 4.90 Å². The van der Waals surface area contributed by atoms with E-state index in [1.54, 1.807) is 18.2 Å². The molecule has 3 N–H and O–H groups in total. The van der Waals surface area contributed by atoms with Gasteiger partial charge in [0.25, 0.3) is 5.91 Å². The second-order valence-corrected chi connectivity index (χ2v) is 5.92. The molecule has 1 fully saturated rings. The maximum Gasteiger partial charge on any atom is 0.255 e. The molecule has 5 nitrogen and oxygen atoms in total. The van der Waals surface area contributed by atoms with Crippen LogP contribution >= 0.6 is 24.0 Å². The number of amides is 2. The highest BCUT2D eigenvalue weighted by molar-refractivity contribution is 6.31. The Morgan fingerprint density at radius 2 is 1.91 bits per heavy atom. The Hall–Kier alpha value is -1.30. The van der Waals surface area contributed by atoms with Crippen LogP contribution in [0, 0.1) is 0 Å². The van der Waals surface area contributed by atoms with Crippen LogP contribution in [0.4, 0.5) is 5.69 Å². The van der Waals surface area contributed by atoms with Crippen LogP contribution < -0.4 is 11.1 Å². The number of nitrogens with one attached hydrogen (secondary N) is 1. The van der Waals surface area contributed by atoms with E-state index in [0.717, 1.165) is 32.4 Å². The fourth-order valence-corrected chi connectivity index (χ4v) is 2.72. The molecule has 2 amide bonds. The predicted molar refractivity (Wildman–Crippen MR) is 95.4 cm³/mol. The molecule has 0 spiro atoms. The van der Waals surface area contributed by atoms with Gasteiger partial charge in [0.15, 0.2) is 0 Å². The van der Waals surface area contributed by atoms with Gasteiger partial charge in [-0.05, 0) is 50.4 Å². The van der Waals surface area contributed by atoms with E-state index in [4.69, 9.17) is 17.3 Å². The number of carbonyl (C=O) groups excluding carboxylic acids is 2. The third-order valence-corrected chi connectivity index (χ3v) is 3.97. The molecular weight excluding hydrogens is 337 g/mol. The fourth-order valence-electron chi connectivity index (χ4n) is 2.55. The van der Waals surface area contributed by atoms with E-state index in [2.05, 4.69) is 5.32 Å². The summed E-state index contributed by atoms with van der Waals surface area (Å²) >= 11 is 6.00. The number of hydrogen-bond donors (Lipinski definition) is 2. The number of rotatable bonds is 5. The molecule has 23 heavy (non-hydrogen) atoms. The number of nitrogens with two attached hydrogens (primary N) is 1. The third-order valence-electron chi connectivity index (χ3n) is 3.74. The Morgan fingerprint density at radius 1 is 1.22 bits per heavy atom. The van der Waals surface area contributed by atoms with Crippen molar-refractivity contribution in [2.24, 2.45) is 5.73 Å². The van der Waals surface area contributed by atoms with Crippen LogP contribution in [0.25, 0.3) is 0 Å². The van der Waals surface area contributed by atoms with E-state index in [1.807, 2.05) is 4.90 Å². The van der Waals surface area contributed by atoms with Gasteiger partial charge in [0.2, 0.25) is 5.91 Å². The van der Waals surface area contributed by atoms with Gasteiger partial charge in [0.1, 0.15) is 0 Å². The first kappa shape index (κ1) is 19.7. The lowest BCUT2D eigenvalue weighted by molar-refractivity contribution is -0.116. The SMILES string of the molecule is Cl.NCCCC(=O)Nc1cc(Cl)ccc1C(=O)N1CCCCC1. The Bertz CT molecular complexity index is 546. The van der Waals surface area contributed by atoms with Gasteiger partial charge < -0.3 is 16.0 Å². The molecule has 2 rings (SSSR count). The zero-order valence-electron chi connectivity index (χ0n) is 13.0. The zero-order valence-corrected chi connectivity index (χ0v) is 14.6. The minimum absolute atomic E-state index is 0. The first-order chi connectivity index (χ1) is 10.6. The van der Waals surface area contributed by atoms with Crippen LogP contribution in [0.1, 0.15) is 42.5 Å². The molecule has 1 aliphatic heterocycles. The van der Waals surface area contributed by atoms with Gasteiger partial charge >= 0.3 is 0 Å². The molecule has 1 saturated heterocycles. The van der Waals surface area contributed by atoms with Crippen molar-refractivity contribution >= 4 is 41.5 Å². The van der Waals surface area contributed by atoms with Gasteiger partial charge in [-0.15, -0.1) is 12.4 Å². The number of anilines is 1. The summed E-state index contributed by atoms with van der Waals surface area (Å²) in [7, 11) is 0. The van der Waals surface area contributed by atoms with E-state index in [-0.39, 0.29) is 24.2 Å². The smallest absolute Gasteiger partial charge is 0.255 e. The van der Waals surface area contributed by atoms with E-state index >= 15 is 0 Å². The summed E-state index contributed by atoms with van der Waals surface area (Å²) in [6.07, 6.45) is 4.16. The number of benzene rings is 1. The maximum absolute atomic E-state index is 12.6. The van der Waals surface area contributed by atoms with E-state index < -0.39 is 0 Å². The fraction of sp³-hybridized carbons (Fsp3) is 0.500. The molecule has 7 heteroatoms. The van der Waals surface area contributed by atoms with Crippen molar-refractivity contribution in [3.05, 3.63) is 28.8 Å². The largest absolute Gasteiger partial charge is 0.339 e. The van der Waals surface area contributed by atoms with E-state index in [0.29, 0.717) is 35.7 Å². The van der Waals surface area contributed by atoms with Crippen LogP contribution in [0.2, 0.25) is 5.02 Å². The zero-order chi connectivity index (χ0) is 15.9. The first-order valence-corrected chi connectivity index (χ1v) is 8.08. The second-order valence-electron chi connectivity index (χ2n) is 5.48. The lowest BCUT2D eigenvalue weighted by Gasteiger charge is -2.27. The van der Waals surface area contributed by atoms with Crippen molar-refractivity contribution in [1.29, 1.82) is 0 Å². The topological polar surface area (TPSA) is 75.4 Å². The Morgan fingerprint density at radius 3 is 2.57 bits per heavy atom.